The first-order chi connectivity index (χ1) is 14.0. The Hall–Kier alpha value is -2.70. The lowest BCUT2D eigenvalue weighted by molar-refractivity contribution is -0.0404. The van der Waals surface area contributed by atoms with E-state index >= 15 is 0 Å². The van der Waals surface area contributed by atoms with E-state index in [9.17, 15) is 9.59 Å². The Labute approximate surface area is 169 Å². The molecule has 1 aliphatic rings. The standard InChI is InChI=1S/C20H27N5O4/c1-14-10-18(29-17(14)13-28-3)25-11-15(19(26)21-20(25)27)8-6-4-5-7-9-16-12-24(2)23-22-16/h11-12,14,17-18H,4-5,7,9-10,13H2,1-3H3,(H,21,26,27). The summed E-state index contributed by atoms with van der Waals surface area (Å²) in [6.07, 6.45) is 6.91. The van der Waals surface area contributed by atoms with Crippen molar-refractivity contribution in [3.05, 3.63) is 44.5 Å². The number of ether oxygens (including phenoxy) is 2. The summed E-state index contributed by atoms with van der Waals surface area (Å²) >= 11 is 0. The van der Waals surface area contributed by atoms with Crippen LogP contribution in [-0.2, 0) is 22.9 Å². The number of hydrogen-bond acceptors (Lipinski definition) is 6. The Morgan fingerprint density at radius 3 is 2.90 bits per heavy atom. The van der Waals surface area contributed by atoms with E-state index in [1.807, 2.05) is 13.2 Å². The van der Waals surface area contributed by atoms with E-state index in [1.165, 1.54) is 10.8 Å². The van der Waals surface area contributed by atoms with Crippen molar-refractivity contribution in [1.29, 1.82) is 0 Å². The smallest absolute Gasteiger partial charge is 0.330 e. The van der Waals surface area contributed by atoms with Gasteiger partial charge in [-0.05, 0) is 31.6 Å². The Bertz CT molecular complexity index is 997. The molecule has 0 amide bonds. The molecule has 2 aromatic rings. The lowest BCUT2D eigenvalue weighted by Gasteiger charge is -2.15. The molecule has 2 aromatic heterocycles. The third-order valence-electron chi connectivity index (χ3n) is 5.01. The molecule has 3 unspecified atom stereocenters. The van der Waals surface area contributed by atoms with Gasteiger partial charge in [0.15, 0.2) is 0 Å². The Balaban J connectivity index is 1.60. The second kappa shape index (κ2) is 9.67. The predicted octanol–water partition coefficient (Wildman–Crippen LogP) is 1.000. The van der Waals surface area contributed by atoms with Gasteiger partial charge in [-0.2, -0.15) is 0 Å². The fraction of sp³-hybridized carbons (Fsp3) is 0.600. The maximum absolute atomic E-state index is 12.2. The highest BCUT2D eigenvalue weighted by Gasteiger charge is 2.33. The molecule has 0 aromatic carbocycles. The maximum atomic E-state index is 12.2. The van der Waals surface area contributed by atoms with Gasteiger partial charge in [0, 0.05) is 33.0 Å². The summed E-state index contributed by atoms with van der Waals surface area (Å²) in [6.45, 7) is 2.53. The van der Waals surface area contributed by atoms with Gasteiger partial charge in [-0.15, -0.1) is 5.10 Å². The van der Waals surface area contributed by atoms with Crippen molar-refractivity contribution in [3.63, 3.8) is 0 Å². The molecule has 9 heteroatoms. The van der Waals surface area contributed by atoms with Crippen LogP contribution >= 0.6 is 0 Å². The summed E-state index contributed by atoms with van der Waals surface area (Å²) in [5, 5.41) is 7.95. The number of nitrogens with one attached hydrogen (secondary N) is 1. The molecule has 1 fully saturated rings. The van der Waals surface area contributed by atoms with Gasteiger partial charge in [0.05, 0.1) is 18.4 Å². The summed E-state index contributed by atoms with van der Waals surface area (Å²) in [6, 6.07) is 0. The number of H-pyrrole nitrogens is 1. The monoisotopic (exact) mass is 401 g/mol. The van der Waals surface area contributed by atoms with E-state index in [0.717, 1.165) is 25.0 Å². The highest BCUT2D eigenvalue weighted by molar-refractivity contribution is 5.29. The minimum atomic E-state index is -0.486. The van der Waals surface area contributed by atoms with Gasteiger partial charge in [-0.3, -0.25) is 19.0 Å². The number of unbranched alkanes of at least 4 members (excludes halogenated alkanes) is 2. The molecule has 1 aliphatic heterocycles. The van der Waals surface area contributed by atoms with E-state index in [0.29, 0.717) is 19.4 Å². The van der Waals surface area contributed by atoms with Crippen molar-refractivity contribution in [2.75, 3.05) is 13.7 Å². The molecule has 0 saturated carbocycles. The van der Waals surface area contributed by atoms with Gasteiger partial charge in [0.2, 0.25) is 0 Å². The molecule has 9 nitrogen and oxygen atoms in total. The van der Waals surface area contributed by atoms with Crippen molar-refractivity contribution in [1.82, 2.24) is 24.5 Å². The predicted molar refractivity (Wildman–Crippen MR) is 106 cm³/mol. The number of aromatic nitrogens is 5. The lowest BCUT2D eigenvalue weighted by Crippen LogP contribution is -2.33. The molecule has 29 heavy (non-hydrogen) atoms. The van der Waals surface area contributed by atoms with Crippen molar-refractivity contribution < 1.29 is 9.47 Å². The summed E-state index contributed by atoms with van der Waals surface area (Å²) in [5.74, 6) is 6.16. The van der Waals surface area contributed by atoms with Crippen LogP contribution in [0.15, 0.2) is 22.0 Å². The number of hydrogen-bond donors (Lipinski definition) is 1. The third-order valence-corrected chi connectivity index (χ3v) is 5.01. The average Bonchev–Trinajstić information content (AvgIpc) is 3.25. The summed E-state index contributed by atoms with van der Waals surface area (Å²) in [4.78, 5) is 26.7. The Morgan fingerprint density at radius 2 is 2.17 bits per heavy atom. The topological polar surface area (TPSA) is 104 Å². The maximum Gasteiger partial charge on any atom is 0.330 e. The van der Waals surface area contributed by atoms with E-state index in [-0.39, 0.29) is 17.6 Å². The number of nitrogens with zero attached hydrogens (tertiary/aromatic N) is 4. The first-order valence-electron chi connectivity index (χ1n) is 9.82. The van der Waals surface area contributed by atoms with Crippen LogP contribution in [0.25, 0.3) is 0 Å². The molecule has 1 N–H and O–H groups in total. The summed E-state index contributed by atoms with van der Waals surface area (Å²) in [7, 11) is 3.46. The second-order valence-electron chi connectivity index (χ2n) is 7.40. The number of rotatable bonds is 7. The van der Waals surface area contributed by atoms with E-state index in [4.69, 9.17) is 9.47 Å². The average molecular weight is 401 g/mol. The van der Waals surface area contributed by atoms with Gasteiger partial charge >= 0.3 is 5.69 Å². The van der Waals surface area contributed by atoms with Crippen molar-refractivity contribution in [2.24, 2.45) is 13.0 Å². The van der Waals surface area contributed by atoms with E-state index in [1.54, 1.807) is 11.8 Å². The van der Waals surface area contributed by atoms with Crippen LogP contribution in [0.2, 0.25) is 0 Å². The van der Waals surface area contributed by atoms with Crippen LogP contribution in [0.1, 0.15) is 50.1 Å². The summed E-state index contributed by atoms with van der Waals surface area (Å²) < 4.78 is 14.2. The Kier molecular flexibility index (Phi) is 7.01. The van der Waals surface area contributed by atoms with Gasteiger partial charge in [0.1, 0.15) is 11.8 Å². The summed E-state index contributed by atoms with van der Waals surface area (Å²) in [5.41, 5.74) is 0.268. The van der Waals surface area contributed by atoms with Crippen LogP contribution in [0, 0.1) is 17.8 Å². The third kappa shape index (κ3) is 5.43. The Morgan fingerprint density at radius 1 is 1.34 bits per heavy atom. The molecule has 156 valence electrons. The normalized spacial score (nSPS) is 21.1. The van der Waals surface area contributed by atoms with Gasteiger partial charge < -0.3 is 9.47 Å². The minimum Gasteiger partial charge on any atom is -0.382 e. The molecule has 0 spiro atoms. The largest absolute Gasteiger partial charge is 0.382 e. The van der Waals surface area contributed by atoms with Gasteiger partial charge in [-0.1, -0.05) is 24.0 Å². The van der Waals surface area contributed by atoms with Crippen molar-refractivity contribution in [3.8, 4) is 11.8 Å². The molecule has 1 saturated heterocycles. The minimum absolute atomic E-state index is 0.0762. The van der Waals surface area contributed by atoms with Crippen LogP contribution in [0.5, 0.6) is 0 Å². The molecule has 3 atom stereocenters. The lowest BCUT2D eigenvalue weighted by atomic mass is 10.0. The van der Waals surface area contributed by atoms with Crippen LogP contribution in [0.4, 0.5) is 0 Å². The van der Waals surface area contributed by atoms with Crippen LogP contribution in [-0.4, -0.2) is 44.4 Å². The quantitative estimate of drug-likeness (QED) is 0.548. The SMILES string of the molecule is COCC1OC(n2cc(C#CCCCCc3cn(C)nn3)c(=O)[nH]c2=O)CC1C. The fourth-order valence-electron chi connectivity index (χ4n) is 3.38. The molecule has 0 aliphatic carbocycles. The zero-order chi connectivity index (χ0) is 20.8. The van der Waals surface area contributed by atoms with Gasteiger partial charge in [0.25, 0.3) is 5.56 Å². The fourth-order valence-corrected chi connectivity index (χ4v) is 3.38. The number of aromatic amines is 1. The van der Waals surface area contributed by atoms with E-state index < -0.39 is 17.5 Å². The molecule has 3 rings (SSSR count). The highest BCUT2D eigenvalue weighted by Crippen LogP contribution is 2.32. The van der Waals surface area contributed by atoms with Crippen LogP contribution in [0.3, 0.4) is 0 Å². The van der Waals surface area contributed by atoms with Gasteiger partial charge in [-0.25, -0.2) is 4.79 Å². The second-order valence-corrected chi connectivity index (χ2v) is 7.40. The molecule has 0 bridgehead atoms. The molecular weight excluding hydrogens is 374 g/mol. The van der Waals surface area contributed by atoms with Crippen LogP contribution < -0.4 is 11.2 Å². The first-order valence-corrected chi connectivity index (χ1v) is 9.82. The zero-order valence-electron chi connectivity index (χ0n) is 17.1. The van der Waals surface area contributed by atoms with Crippen molar-refractivity contribution in [2.45, 2.75) is 51.4 Å². The highest BCUT2D eigenvalue weighted by atomic mass is 16.5. The van der Waals surface area contributed by atoms with Crippen molar-refractivity contribution >= 4 is 0 Å². The zero-order valence-corrected chi connectivity index (χ0v) is 17.1. The van der Waals surface area contributed by atoms with E-state index in [2.05, 4.69) is 34.1 Å². The molecular formula is C20H27N5O4. The molecule has 3 heterocycles. The number of aryl methyl sites for hydroxylation is 2. The molecule has 0 radical (unpaired) electrons. The first kappa shape index (κ1) is 21.0. The number of methoxy groups -OCH3 is 1.